The Hall–Kier alpha value is -2.04. The molecule has 0 atom stereocenters. The lowest BCUT2D eigenvalue weighted by atomic mass is 10.1. The van der Waals surface area contributed by atoms with Crippen LogP contribution in [-0.2, 0) is 4.79 Å². The Bertz CT molecular complexity index is 494. The zero-order chi connectivity index (χ0) is 15.8. The first-order valence-corrected chi connectivity index (χ1v) is 7.37. The molecule has 0 unspecified atom stereocenters. The van der Waals surface area contributed by atoms with E-state index >= 15 is 0 Å². The molecule has 116 valence electrons. The van der Waals surface area contributed by atoms with E-state index in [-0.39, 0.29) is 11.7 Å². The third-order valence-corrected chi connectivity index (χ3v) is 3.13. The average Bonchev–Trinajstić information content (AvgIpc) is 2.41. The van der Waals surface area contributed by atoms with Gasteiger partial charge < -0.3 is 10.0 Å². The van der Waals surface area contributed by atoms with Gasteiger partial charge in [0.25, 0.3) is 0 Å². The van der Waals surface area contributed by atoms with E-state index in [0.717, 1.165) is 18.8 Å². The van der Waals surface area contributed by atoms with E-state index in [2.05, 4.69) is 29.3 Å². The molecule has 1 aromatic carbocycles. The molecule has 0 spiro atoms. The maximum atomic E-state index is 11.5. The number of anilines is 1. The molecule has 0 aromatic heterocycles. The van der Waals surface area contributed by atoms with Gasteiger partial charge in [-0.15, -0.1) is 0 Å². The Morgan fingerprint density at radius 1 is 1.38 bits per heavy atom. The molecule has 2 N–H and O–H groups in total. The number of hydrazone groups is 1. The van der Waals surface area contributed by atoms with Gasteiger partial charge in [-0.05, 0) is 31.9 Å². The largest absolute Gasteiger partial charge is 0.507 e. The third kappa shape index (κ3) is 5.45. The van der Waals surface area contributed by atoms with Crippen LogP contribution < -0.4 is 10.3 Å². The topological polar surface area (TPSA) is 64.9 Å². The number of carbonyl (C=O) groups excluding carboxylic acids is 1. The normalized spacial score (nSPS) is 11.1. The summed E-state index contributed by atoms with van der Waals surface area (Å²) in [6.45, 7) is 9.85. The predicted octanol–water partition coefficient (Wildman–Crippen LogP) is 2.73. The lowest BCUT2D eigenvalue weighted by Gasteiger charge is -2.21. The van der Waals surface area contributed by atoms with Crippen LogP contribution in [0.1, 0.15) is 39.7 Å². The number of phenols is 1. The molecule has 21 heavy (non-hydrogen) atoms. The van der Waals surface area contributed by atoms with Crippen molar-refractivity contribution in [1.82, 2.24) is 5.43 Å². The van der Waals surface area contributed by atoms with E-state index in [0.29, 0.717) is 17.9 Å². The standard InChI is InChI=1S/C16H25N3O2/c1-5-19(6-2)14-8-7-13(15(20)10-14)11-17-18-16(21)9-12(3)4/h7-8,10-12,20H,5-6,9H2,1-4H3,(H,18,21)/b17-11-. The van der Waals surface area contributed by atoms with Crippen LogP contribution in [0.5, 0.6) is 5.75 Å². The summed E-state index contributed by atoms with van der Waals surface area (Å²) in [5, 5.41) is 13.9. The second kappa shape index (κ2) is 8.29. The van der Waals surface area contributed by atoms with Gasteiger partial charge in [-0.1, -0.05) is 13.8 Å². The zero-order valence-corrected chi connectivity index (χ0v) is 13.3. The average molecular weight is 291 g/mol. The molecule has 0 heterocycles. The first kappa shape index (κ1) is 17.0. The number of hydrogen-bond acceptors (Lipinski definition) is 4. The number of nitrogens with one attached hydrogen (secondary N) is 1. The van der Waals surface area contributed by atoms with Crippen molar-refractivity contribution in [3.63, 3.8) is 0 Å². The Morgan fingerprint density at radius 2 is 2.05 bits per heavy atom. The summed E-state index contributed by atoms with van der Waals surface area (Å²) >= 11 is 0. The van der Waals surface area contributed by atoms with Gasteiger partial charge in [0.15, 0.2) is 0 Å². The molecule has 1 amide bonds. The Morgan fingerprint density at radius 3 is 2.57 bits per heavy atom. The van der Waals surface area contributed by atoms with Gasteiger partial charge in [-0.25, -0.2) is 5.43 Å². The lowest BCUT2D eigenvalue weighted by Crippen LogP contribution is -2.21. The lowest BCUT2D eigenvalue weighted by molar-refractivity contribution is -0.121. The van der Waals surface area contributed by atoms with E-state index in [1.165, 1.54) is 6.21 Å². The minimum atomic E-state index is -0.125. The van der Waals surface area contributed by atoms with Crippen molar-refractivity contribution < 1.29 is 9.90 Å². The highest BCUT2D eigenvalue weighted by Gasteiger charge is 2.06. The van der Waals surface area contributed by atoms with Crippen molar-refractivity contribution in [2.75, 3.05) is 18.0 Å². The molecule has 0 bridgehead atoms. The van der Waals surface area contributed by atoms with Gasteiger partial charge in [0.1, 0.15) is 5.75 Å². The summed E-state index contributed by atoms with van der Waals surface area (Å²) in [4.78, 5) is 13.6. The Kier molecular flexibility index (Phi) is 6.72. The molecule has 5 heteroatoms. The van der Waals surface area contributed by atoms with Crippen molar-refractivity contribution in [1.29, 1.82) is 0 Å². The highest BCUT2D eigenvalue weighted by Crippen LogP contribution is 2.23. The summed E-state index contributed by atoms with van der Waals surface area (Å²) in [7, 11) is 0. The second-order valence-electron chi connectivity index (χ2n) is 5.31. The minimum absolute atomic E-state index is 0.125. The molecule has 0 radical (unpaired) electrons. The Balaban J connectivity index is 2.70. The predicted molar refractivity (Wildman–Crippen MR) is 86.9 cm³/mol. The summed E-state index contributed by atoms with van der Waals surface area (Å²) in [5.41, 5.74) is 4.01. The van der Waals surface area contributed by atoms with Crippen LogP contribution in [0, 0.1) is 5.92 Å². The number of hydrogen-bond donors (Lipinski definition) is 2. The number of nitrogens with zero attached hydrogens (tertiary/aromatic N) is 2. The van der Waals surface area contributed by atoms with Gasteiger partial charge in [0.2, 0.25) is 5.91 Å². The SMILES string of the molecule is CCN(CC)c1ccc(/C=N\NC(=O)CC(C)C)c(O)c1. The molecular weight excluding hydrogens is 266 g/mol. The molecule has 5 nitrogen and oxygen atoms in total. The number of rotatable bonds is 7. The monoisotopic (exact) mass is 291 g/mol. The molecule has 0 saturated carbocycles. The van der Waals surface area contributed by atoms with Gasteiger partial charge in [-0.3, -0.25) is 4.79 Å². The Labute approximate surface area is 126 Å². The van der Waals surface area contributed by atoms with Crippen LogP contribution in [-0.4, -0.2) is 30.3 Å². The van der Waals surface area contributed by atoms with Gasteiger partial charge in [-0.2, -0.15) is 5.10 Å². The fourth-order valence-corrected chi connectivity index (χ4v) is 2.02. The number of amides is 1. The third-order valence-electron chi connectivity index (χ3n) is 3.13. The number of benzene rings is 1. The van der Waals surface area contributed by atoms with Crippen LogP contribution in [0.2, 0.25) is 0 Å². The molecule has 0 fully saturated rings. The quantitative estimate of drug-likeness (QED) is 0.599. The van der Waals surface area contributed by atoms with E-state index in [1.807, 2.05) is 19.9 Å². The maximum absolute atomic E-state index is 11.5. The molecule has 0 aliphatic carbocycles. The van der Waals surface area contributed by atoms with E-state index in [1.54, 1.807) is 12.1 Å². The van der Waals surface area contributed by atoms with E-state index in [9.17, 15) is 9.90 Å². The molecule has 1 rings (SSSR count). The van der Waals surface area contributed by atoms with Crippen LogP contribution in [0.15, 0.2) is 23.3 Å². The van der Waals surface area contributed by atoms with Crippen molar-refractivity contribution in [3.8, 4) is 5.75 Å². The number of phenolic OH excluding ortho intramolecular Hbond substituents is 1. The fourth-order valence-electron chi connectivity index (χ4n) is 2.02. The van der Waals surface area contributed by atoms with E-state index < -0.39 is 0 Å². The van der Waals surface area contributed by atoms with Crippen LogP contribution in [0.25, 0.3) is 0 Å². The van der Waals surface area contributed by atoms with Crippen LogP contribution >= 0.6 is 0 Å². The number of carbonyl (C=O) groups is 1. The fraction of sp³-hybridized carbons (Fsp3) is 0.500. The van der Waals surface area contributed by atoms with Crippen molar-refractivity contribution in [2.45, 2.75) is 34.1 Å². The molecule has 0 aliphatic heterocycles. The molecular formula is C16H25N3O2. The highest BCUT2D eigenvalue weighted by atomic mass is 16.3. The van der Waals surface area contributed by atoms with Crippen molar-refractivity contribution >= 4 is 17.8 Å². The van der Waals surface area contributed by atoms with Gasteiger partial charge in [0.05, 0.1) is 6.21 Å². The molecule has 0 saturated heterocycles. The van der Waals surface area contributed by atoms with E-state index in [4.69, 9.17) is 0 Å². The van der Waals surface area contributed by atoms with Crippen molar-refractivity contribution in [2.24, 2.45) is 11.0 Å². The summed E-state index contributed by atoms with van der Waals surface area (Å²) in [5.74, 6) is 0.323. The van der Waals surface area contributed by atoms with Crippen LogP contribution in [0.4, 0.5) is 5.69 Å². The van der Waals surface area contributed by atoms with Crippen molar-refractivity contribution in [3.05, 3.63) is 23.8 Å². The zero-order valence-electron chi connectivity index (χ0n) is 13.3. The molecule has 1 aromatic rings. The number of aromatic hydroxyl groups is 1. The highest BCUT2D eigenvalue weighted by molar-refractivity contribution is 5.86. The summed E-state index contributed by atoms with van der Waals surface area (Å²) < 4.78 is 0. The minimum Gasteiger partial charge on any atom is -0.507 e. The smallest absolute Gasteiger partial charge is 0.240 e. The first-order valence-electron chi connectivity index (χ1n) is 7.37. The molecule has 0 aliphatic rings. The maximum Gasteiger partial charge on any atom is 0.240 e. The van der Waals surface area contributed by atoms with Gasteiger partial charge in [0, 0.05) is 36.8 Å². The summed E-state index contributed by atoms with van der Waals surface area (Å²) in [6, 6.07) is 5.44. The summed E-state index contributed by atoms with van der Waals surface area (Å²) in [6.07, 6.45) is 1.89. The van der Waals surface area contributed by atoms with Gasteiger partial charge >= 0.3 is 0 Å². The first-order chi connectivity index (χ1) is 9.97. The van der Waals surface area contributed by atoms with Crippen LogP contribution in [0.3, 0.4) is 0 Å². The second-order valence-corrected chi connectivity index (χ2v) is 5.31.